The van der Waals surface area contributed by atoms with E-state index in [0.717, 1.165) is 11.3 Å². The van der Waals surface area contributed by atoms with Crippen molar-refractivity contribution >= 4 is 17.6 Å². The number of carboxylic acid groups (broad SMARTS) is 1. The van der Waals surface area contributed by atoms with Crippen LogP contribution in [0, 0.1) is 0 Å². The maximum atomic E-state index is 12.5. The third kappa shape index (κ3) is 4.36. The van der Waals surface area contributed by atoms with E-state index >= 15 is 0 Å². The lowest BCUT2D eigenvalue weighted by Crippen LogP contribution is -2.14. The Kier molecular flexibility index (Phi) is 5.25. The van der Waals surface area contributed by atoms with Gasteiger partial charge in [-0.15, -0.1) is 0 Å². The highest BCUT2D eigenvalue weighted by Gasteiger charge is 2.13. The van der Waals surface area contributed by atoms with Crippen molar-refractivity contribution in [3.63, 3.8) is 0 Å². The second kappa shape index (κ2) is 8.32. The zero-order valence-corrected chi connectivity index (χ0v) is 15.7. The number of carboxylic acids is 1. The number of hydrogen-bond acceptors (Lipinski definition) is 4. The second-order valence-corrected chi connectivity index (χ2v) is 6.42. The van der Waals surface area contributed by atoms with Gasteiger partial charge in [-0.05, 0) is 42.5 Å². The third-order valence-corrected chi connectivity index (χ3v) is 4.27. The SMILES string of the molecule is O=C(O)c1cccc(NC(=O)c2nc(-c3cccc(Oc4ccccc4)c3)c[nH]2)c1. The van der Waals surface area contributed by atoms with Crippen LogP contribution in [0.1, 0.15) is 21.0 Å². The summed E-state index contributed by atoms with van der Waals surface area (Å²) >= 11 is 0. The molecule has 0 atom stereocenters. The van der Waals surface area contributed by atoms with Gasteiger partial charge in [-0.2, -0.15) is 0 Å². The molecule has 0 aliphatic rings. The van der Waals surface area contributed by atoms with Gasteiger partial charge in [0.05, 0.1) is 11.3 Å². The molecule has 7 nitrogen and oxygen atoms in total. The number of rotatable bonds is 6. The Morgan fingerprint density at radius 2 is 1.67 bits per heavy atom. The zero-order valence-electron chi connectivity index (χ0n) is 15.7. The van der Waals surface area contributed by atoms with Crippen LogP contribution in [0.25, 0.3) is 11.3 Å². The predicted octanol–water partition coefficient (Wildman–Crippen LogP) is 4.82. The van der Waals surface area contributed by atoms with Crippen molar-refractivity contribution in [1.82, 2.24) is 9.97 Å². The first-order valence-electron chi connectivity index (χ1n) is 9.12. The van der Waals surface area contributed by atoms with E-state index in [1.165, 1.54) is 12.1 Å². The van der Waals surface area contributed by atoms with Gasteiger partial charge in [0.25, 0.3) is 5.91 Å². The first kappa shape index (κ1) is 18.9. The Morgan fingerprint density at radius 3 is 2.47 bits per heavy atom. The fourth-order valence-corrected chi connectivity index (χ4v) is 2.85. The fourth-order valence-electron chi connectivity index (χ4n) is 2.85. The minimum Gasteiger partial charge on any atom is -0.478 e. The first-order chi connectivity index (χ1) is 14.6. The van der Waals surface area contributed by atoms with E-state index in [9.17, 15) is 9.59 Å². The van der Waals surface area contributed by atoms with Gasteiger partial charge in [0.15, 0.2) is 5.82 Å². The van der Waals surface area contributed by atoms with Crippen molar-refractivity contribution in [2.24, 2.45) is 0 Å². The summed E-state index contributed by atoms with van der Waals surface area (Å²) in [6.07, 6.45) is 1.63. The van der Waals surface area contributed by atoms with E-state index in [2.05, 4.69) is 15.3 Å². The summed E-state index contributed by atoms with van der Waals surface area (Å²) in [4.78, 5) is 30.7. The quantitative estimate of drug-likeness (QED) is 0.431. The van der Waals surface area contributed by atoms with Gasteiger partial charge < -0.3 is 20.1 Å². The van der Waals surface area contributed by atoms with Gasteiger partial charge in [-0.25, -0.2) is 9.78 Å². The molecule has 7 heteroatoms. The molecule has 1 heterocycles. The molecule has 0 bridgehead atoms. The molecule has 0 unspecified atom stereocenters. The Hall–Kier alpha value is -4.39. The minimum atomic E-state index is -1.07. The van der Waals surface area contributed by atoms with Gasteiger partial charge >= 0.3 is 5.97 Å². The number of nitrogens with zero attached hydrogens (tertiary/aromatic N) is 1. The van der Waals surface area contributed by atoms with Crippen molar-refractivity contribution in [3.05, 3.63) is 96.4 Å². The molecular formula is C23H17N3O4. The standard InChI is InChI=1S/C23H17N3O4/c27-22(25-17-8-4-7-16(12-17)23(28)29)21-24-14-20(26-21)15-6-5-11-19(13-15)30-18-9-2-1-3-10-18/h1-14H,(H,24,26)(H,25,27)(H,28,29). The van der Waals surface area contributed by atoms with Crippen LogP contribution in [0.15, 0.2) is 85.1 Å². The Bertz CT molecular complexity index is 1200. The van der Waals surface area contributed by atoms with E-state index in [1.807, 2.05) is 54.6 Å². The third-order valence-electron chi connectivity index (χ3n) is 4.27. The smallest absolute Gasteiger partial charge is 0.335 e. The van der Waals surface area contributed by atoms with Crippen molar-refractivity contribution in [2.45, 2.75) is 0 Å². The number of aromatic amines is 1. The van der Waals surface area contributed by atoms with Crippen LogP contribution in [0.4, 0.5) is 5.69 Å². The van der Waals surface area contributed by atoms with Gasteiger partial charge in [-0.1, -0.05) is 36.4 Å². The van der Waals surface area contributed by atoms with Crippen LogP contribution in [0.2, 0.25) is 0 Å². The molecule has 0 radical (unpaired) electrons. The van der Waals surface area contributed by atoms with Gasteiger partial charge in [0.1, 0.15) is 11.5 Å². The molecule has 0 aliphatic carbocycles. The number of ether oxygens (including phenoxy) is 1. The molecule has 0 aliphatic heterocycles. The number of anilines is 1. The lowest BCUT2D eigenvalue weighted by molar-refractivity contribution is 0.0696. The molecule has 0 fully saturated rings. The highest BCUT2D eigenvalue weighted by molar-refractivity contribution is 6.02. The van der Waals surface area contributed by atoms with Gasteiger partial charge in [0, 0.05) is 17.4 Å². The number of para-hydroxylation sites is 1. The molecule has 3 N–H and O–H groups in total. The summed E-state index contributed by atoms with van der Waals surface area (Å²) in [6, 6.07) is 22.8. The topological polar surface area (TPSA) is 104 Å². The number of nitrogens with one attached hydrogen (secondary N) is 2. The number of carbonyl (C=O) groups excluding carboxylic acids is 1. The highest BCUT2D eigenvalue weighted by atomic mass is 16.5. The van der Waals surface area contributed by atoms with E-state index in [-0.39, 0.29) is 11.4 Å². The van der Waals surface area contributed by atoms with E-state index in [0.29, 0.717) is 17.1 Å². The van der Waals surface area contributed by atoms with Crippen LogP contribution in [0.3, 0.4) is 0 Å². The van der Waals surface area contributed by atoms with Crippen molar-refractivity contribution < 1.29 is 19.4 Å². The molecular weight excluding hydrogens is 382 g/mol. The number of amides is 1. The highest BCUT2D eigenvalue weighted by Crippen LogP contribution is 2.26. The minimum absolute atomic E-state index is 0.0863. The summed E-state index contributed by atoms with van der Waals surface area (Å²) in [5.74, 6) is -0.0527. The van der Waals surface area contributed by atoms with Crippen LogP contribution in [-0.2, 0) is 0 Å². The Morgan fingerprint density at radius 1 is 0.900 bits per heavy atom. The summed E-state index contributed by atoms with van der Waals surface area (Å²) < 4.78 is 5.84. The first-order valence-corrected chi connectivity index (χ1v) is 9.12. The fraction of sp³-hybridized carbons (Fsp3) is 0. The molecule has 0 saturated carbocycles. The Balaban J connectivity index is 1.50. The second-order valence-electron chi connectivity index (χ2n) is 6.42. The molecule has 1 aromatic heterocycles. The number of H-pyrrole nitrogens is 1. The number of carbonyl (C=O) groups is 2. The van der Waals surface area contributed by atoms with Crippen molar-refractivity contribution in [1.29, 1.82) is 0 Å². The largest absolute Gasteiger partial charge is 0.478 e. The van der Waals surface area contributed by atoms with E-state index < -0.39 is 11.9 Å². The lowest BCUT2D eigenvalue weighted by Gasteiger charge is -2.06. The summed E-state index contributed by atoms with van der Waals surface area (Å²) in [6.45, 7) is 0. The van der Waals surface area contributed by atoms with Crippen LogP contribution in [-0.4, -0.2) is 27.0 Å². The monoisotopic (exact) mass is 399 g/mol. The number of aromatic carboxylic acids is 1. The summed E-state index contributed by atoms with van der Waals surface area (Å²) in [7, 11) is 0. The van der Waals surface area contributed by atoms with Crippen molar-refractivity contribution in [3.8, 4) is 22.8 Å². The van der Waals surface area contributed by atoms with Crippen LogP contribution >= 0.6 is 0 Å². The van der Waals surface area contributed by atoms with Crippen LogP contribution in [0.5, 0.6) is 11.5 Å². The van der Waals surface area contributed by atoms with E-state index in [4.69, 9.17) is 9.84 Å². The van der Waals surface area contributed by atoms with Crippen molar-refractivity contribution in [2.75, 3.05) is 5.32 Å². The maximum Gasteiger partial charge on any atom is 0.335 e. The average molecular weight is 399 g/mol. The number of imidazole rings is 1. The normalized spacial score (nSPS) is 10.4. The molecule has 3 aromatic carbocycles. The molecule has 4 aromatic rings. The number of hydrogen-bond donors (Lipinski definition) is 3. The van der Waals surface area contributed by atoms with Crippen LogP contribution < -0.4 is 10.1 Å². The number of benzene rings is 3. The van der Waals surface area contributed by atoms with Gasteiger partial charge in [-0.3, -0.25) is 4.79 Å². The molecule has 148 valence electrons. The average Bonchev–Trinajstić information content (AvgIpc) is 3.25. The zero-order chi connectivity index (χ0) is 20.9. The summed E-state index contributed by atoms with van der Waals surface area (Å²) in [5.41, 5.74) is 1.82. The molecule has 1 amide bonds. The maximum absolute atomic E-state index is 12.5. The Labute approximate surface area is 172 Å². The molecule has 4 rings (SSSR count). The van der Waals surface area contributed by atoms with Gasteiger partial charge in [0.2, 0.25) is 0 Å². The lowest BCUT2D eigenvalue weighted by atomic mass is 10.1. The van der Waals surface area contributed by atoms with E-state index in [1.54, 1.807) is 18.3 Å². The predicted molar refractivity (Wildman–Crippen MR) is 112 cm³/mol. The molecule has 0 saturated heterocycles. The molecule has 30 heavy (non-hydrogen) atoms. The summed E-state index contributed by atoms with van der Waals surface area (Å²) in [5, 5.41) is 11.7. The number of aromatic nitrogens is 2. The molecule has 0 spiro atoms.